The number of rotatable bonds is 5. The molecule has 1 aliphatic rings. The van der Waals surface area contributed by atoms with Gasteiger partial charge in [-0.1, -0.05) is 78.9 Å². The summed E-state index contributed by atoms with van der Waals surface area (Å²) in [5.74, 6) is -2.59. The molecule has 1 aliphatic carbocycles. The van der Waals surface area contributed by atoms with E-state index in [1.807, 2.05) is 60.7 Å². The summed E-state index contributed by atoms with van der Waals surface area (Å²) in [4.78, 5) is 25.8. The molecule has 0 bridgehead atoms. The largest absolute Gasteiger partial charge is 0.508 e. The summed E-state index contributed by atoms with van der Waals surface area (Å²) < 4.78 is 0. The third kappa shape index (κ3) is 4.67. The van der Waals surface area contributed by atoms with Gasteiger partial charge in [0.2, 0.25) is 5.78 Å². The van der Waals surface area contributed by atoms with E-state index in [1.54, 1.807) is 18.2 Å². The predicted molar refractivity (Wildman–Crippen MR) is 128 cm³/mol. The summed E-state index contributed by atoms with van der Waals surface area (Å²) in [5, 5.41) is 30.8. The second-order valence-electron chi connectivity index (χ2n) is 7.43. The molecule has 5 nitrogen and oxygen atoms in total. The van der Waals surface area contributed by atoms with E-state index >= 15 is 0 Å². The van der Waals surface area contributed by atoms with Crippen LogP contribution in [0, 0.1) is 0 Å². The minimum atomic E-state index is -0.734. The SMILES string of the molecule is O=C1C=C(O)C(=O)C(/C=C/c2ccccc2)=C1c1c(O)cc(O)cc1/C=C/c1ccccc1. The van der Waals surface area contributed by atoms with Crippen molar-refractivity contribution in [3.05, 3.63) is 119 Å². The van der Waals surface area contributed by atoms with E-state index in [9.17, 15) is 24.9 Å². The number of allylic oxidation sites excluding steroid dienone is 4. The first-order valence-corrected chi connectivity index (χ1v) is 10.2. The summed E-state index contributed by atoms with van der Waals surface area (Å²) in [6.45, 7) is 0. The molecule has 4 rings (SSSR count). The van der Waals surface area contributed by atoms with Gasteiger partial charge in [0.15, 0.2) is 11.5 Å². The number of carbonyl (C=O) groups excluding carboxylic acids is 2. The van der Waals surface area contributed by atoms with Crippen LogP contribution >= 0.6 is 0 Å². The van der Waals surface area contributed by atoms with Crippen LogP contribution in [0.5, 0.6) is 11.5 Å². The zero-order valence-electron chi connectivity index (χ0n) is 17.5. The van der Waals surface area contributed by atoms with Gasteiger partial charge in [-0.2, -0.15) is 0 Å². The van der Waals surface area contributed by atoms with Gasteiger partial charge >= 0.3 is 0 Å². The van der Waals surface area contributed by atoms with E-state index < -0.39 is 17.3 Å². The van der Waals surface area contributed by atoms with E-state index in [0.717, 1.165) is 23.3 Å². The maximum absolute atomic E-state index is 13.0. The zero-order chi connectivity index (χ0) is 23.4. The normalized spacial score (nSPS) is 14.4. The number of hydrogen-bond donors (Lipinski definition) is 3. The molecular weight excluding hydrogens is 416 g/mol. The number of hydrogen-bond acceptors (Lipinski definition) is 5. The Hall–Kier alpha value is -4.64. The standard InChI is InChI=1S/C28H20O5/c29-21-15-20(13-11-18-7-3-1-4-8-18)26(23(30)16-21)27-22(28(33)25(32)17-24(27)31)14-12-19-9-5-2-6-10-19/h1-17,29-30,32H/b13-11+,14-12+. The molecule has 0 fully saturated rings. The Morgan fingerprint density at radius 1 is 0.667 bits per heavy atom. The van der Waals surface area contributed by atoms with Gasteiger partial charge in [0.1, 0.15) is 11.5 Å². The average molecular weight is 436 g/mol. The third-order valence-electron chi connectivity index (χ3n) is 5.14. The Bertz CT molecular complexity index is 1340. The van der Waals surface area contributed by atoms with E-state index in [-0.39, 0.29) is 28.2 Å². The van der Waals surface area contributed by atoms with Crippen molar-refractivity contribution in [3.63, 3.8) is 0 Å². The van der Waals surface area contributed by atoms with Gasteiger partial charge < -0.3 is 15.3 Å². The van der Waals surface area contributed by atoms with Crippen molar-refractivity contribution in [1.29, 1.82) is 0 Å². The Balaban J connectivity index is 1.91. The highest BCUT2D eigenvalue weighted by Gasteiger charge is 2.30. The van der Waals surface area contributed by atoms with Gasteiger partial charge in [0, 0.05) is 28.9 Å². The highest BCUT2D eigenvalue weighted by molar-refractivity contribution is 6.38. The smallest absolute Gasteiger partial charge is 0.228 e. The molecule has 0 unspecified atom stereocenters. The zero-order valence-corrected chi connectivity index (χ0v) is 17.5. The molecular formula is C28H20O5. The lowest BCUT2D eigenvalue weighted by molar-refractivity contribution is -0.116. The molecule has 162 valence electrons. The summed E-state index contributed by atoms with van der Waals surface area (Å²) in [7, 11) is 0. The molecule has 3 N–H and O–H groups in total. The monoisotopic (exact) mass is 436 g/mol. The first-order valence-electron chi connectivity index (χ1n) is 10.2. The number of aliphatic hydroxyl groups excluding tert-OH is 1. The van der Waals surface area contributed by atoms with Gasteiger partial charge in [0.25, 0.3) is 0 Å². The van der Waals surface area contributed by atoms with E-state index in [0.29, 0.717) is 5.56 Å². The first kappa shape index (κ1) is 21.6. The quantitative estimate of drug-likeness (QED) is 0.371. The van der Waals surface area contributed by atoms with Crippen molar-refractivity contribution in [2.24, 2.45) is 0 Å². The molecule has 0 heterocycles. The predicted octanol–water partition coefficient (Wildman–Crippen LogP) is 5.33. The van der Waals surface area contributed by atoms with Crippen LogP contribution in [-0.2, 0) is 9.59 Å². The Morgan fingerprint density at radius 2 is 1.24 bits per heavy atom. The summed E-state index contributed by atoms with van der Waals surface area (Å²) in [6.07, 6.45) is 7.35. The molecule has 33 heavy (non-hydrogen) atoms. The minimum absolute atomic E-state index is 0.0563. The van der Waals surface area contributed by atoms with Gasteiger partial charge in [-0.15, -0.1) is 0 Å². The molecule has 0 aliphatic heterocycles. The summed E-state index contributed by atoms with van der Waals surface area (Å²) >= 11 is 0. The summed E-state index contributed by atoms with van der Waals surface area (Å²) in [5.41, 5.74) is 1.97. The van der Waals surface area contributed by atoms with Crippen LogP contribution in [-0.4, -0.2) is 26.9 Å². The Labute approximate surface area is 190 Å². The number of aliphatic hydroxyl groups is 1. The van der Waals surface area contributed by atoms with Crippen molar-refractivity contribution < 1.29 is 24.9 Å². The fraction of sp³-hybridized carbons (Fsp3) is 0. The molecule has 0 spiro atoms. The second kappa shape index (κ2) is 9.24. The van der Waals surface area contributed by atoms with Crippen LogP contribution in [0.15, 0.2) is 96.3 Å². The Morgan fingerprint density at radius 3 is 1.85 bits per heavy atom. The number of Topliss-reactive ketones (excluding diaryl/α,β-unsaturated/α-hetero) is 1. The van der Waals surface area contributed by atoms with Crippen molar-refractivity contribution in [2.45, 2.75) is 0 Å². The maximum atomic E-state index is 13.0. The van der Waals surface area contributed by atoms with Crippen molar-refractivity contribution >= 4 is 35.4 Å². The topological polar surface area (TPSA) is 94.8 Å². The summed E-state index contributed by atoms with van der Waals surface area (Å²) in [6, 6.07) is 21.0. The minimum Gasteiger partial charge on any atom is -0.508 e. The van der Waals surface area contributed by atoms with Crippen LogP contribution in [0.1, 0.15) is 22.3 Å². The molecule has 0 radical (unpaired) electrons. The van der Waals surface area contributed by atoms with Crippen LogP contribution in [0.25, 0.3) is 23.8 Å². The number of phenols is 2. The molecule has 0 saturated carbocycles. The van der Waals surface area contributed by atoms with Crippen molar-refractivity contribution in [2.75, 3.05) is 0 Å². The van der Waals surface area contributed by atoms with Crippen molar-refractivity contribution in [3.8, 4) is 11.5 Å². The molecule has 3 aromatic rings. The lowest BCUT2D eigenvalue weighted by Crippen LogP contribution is -2.18. The van der Waals surface area contributed by atoms with E-state index in [2.05, 4.69) is 0 Å². The maximum Gasteiger partial charge on any atom is 0.228 e. The van der Waals surface area contributed by atoms with Gasteiger partial charge in [-0.25, -0.2) is 0 Å². The van der Waals surface area contributed by atoms with Crippen LogP contribution < -0.4 is 0 Å². The first-order chi connectivity index (χ1) is 15.9. The van der Waals surface area contributed by atoms with E-state index in [4.69, 9.17) is 0 Å². The number of phenolic OH excluding ortho intramolecular Hbond substituents is 2. The second-order valence-corrected chi connectivity index (χ2v) is 7.43. The number of benzene rings is 3. The molecule has 0 saturated heterocycles. The molecule has 0 amide bonds. The van der Waals surface area contributed by atoms with Crippen LogP contribution in [0.2, 0.25) is 0 Å². The molecule has 0 atom stereocenters. The highest BCUT2D eigenvalue weighted by Crippen LogP contribution is 2.38. The van der Waals surface area contributed by atoms with Gasteiger partial charge in [-0.3, -0.25) is 9.59 Å². The number of ketones is 2. The van der Waals surface area contributed by atoms with Gasteiger partial charge in [0.05, 0.1) is 0 Å². The number of carbonyl (C=O) groups is 2. The van der Waals surface area contributed by atoms with E-state index in [1.165, 1.54) is 12.1 Å². The fourth-order valence-electron chi connectivity index (χ4n) is 3.59. The highest BCUT2D eigenvalue weighted by atomic mass is 16.3. The molecule has 5 heteroatoms. The fourth-order valence-corrected chi connectivity index (χ4v) is 3.59. The lowest BCUT2D eigenvalue weighted by atomic mass is 9.85. The third-order valence-corrected chi connectivity index (χ3v) is 5.14. The van der Waals surface area contributed by atoms with Crippen molar-refractivity contribution in [1.82, 2.24) is 0 Å². The van der Waals surface area contributed by atoms with Crippen LogP contribution in [0.3, 0.4) is 0 Å². The number of aromatic hydroxyl groups is 2. The molecule has 0 aromatic heterocycles. The lowest BCUT2D eigenvalue weighted by Gasteiger charge is -2.18. The molecule has 3 aromatic carbocycles. The van der Waals surface area contributed by atoms with Crippen LogP contribution in [0.4, 0.5) is 0 Å². The Kier molecular flexibility index (Phi) is 6.04. The van der Waals surface area contributed by atoms with Gasteiger partial charge in [-0.05, 0) is 28.8 Å². The average Bonchev–Trinajstić information content (AvgIpc) is 2.81.